The van der Waals surface area contributed by atoms with E-state index < -0.39 is 29.3 Å². The highest BCUT2D eigenvalue weighted by atomic mass is 19.1. The Bertz CT molecular complexity index is 745. The van der Waals surface area contributed by atoms with E-state index in [9.17, 15) is 29.0 Å². The molecule has 1 aromatic rings. The molecule has 31 heavy (non-hydrogen) atoms. The molecule has 2 atom stereocenters. The normalized spacial score (nSPS) is 17.1. The van der Waals surface area contributed by atoms with Crippen LogP contribution in [0.5, 0.6) is 0 Å². The van der Waals surface area contributed by atoms with E-state index in [4.69, 9.17) is 4.74 Å². The summed E-state index contributed by atoms with van der Waals surface area (Å²) >= 11 is 0. The zero-order valence-corrected chi connectivity index (χ0v) is 17.9. The minimum absolute atomic E-state index is 0.0111. The van der Waals surface area contributed by atoms with Crippen LogP contribution in [0.1, 0.15) is 63.9 Å². The molecule has 172 valence electrons. The quantitative estimate of drug-likeness (QED) is 0.433. The molecule has 1 aliphatic rings. The highest BCUT2D eigenvalue weighted by Gasteiger charge is 2.44. The van der Waals surface area contributed by atoms with Crippen molar-refractivity contribution >= 4 is 17.8 Å². The summed E-state index contributed by atoms with van der Waals surface area (Å²) in [6.45, 7) is 2.07. The lowest BCUT2D eigenvalue weighted by molar-refractivity contribution is -0.144. The molecule has 3 N–H and O–H groups in total. The maximum Gasteiger partial charge on any atom is 0.306 e. The standard InChI is InChI=1S/C23H32FNO6/c1-2-5-17(21(28)29)13-23(10-3-4-11-23)22(30)25-19(12-20(26)27)15-31-14-16-6-8-18(24)9-7-16/h6-9,17,19H,2-5,10-15H2,1H3,(H,25,30)(H,26,27)(H,28,29)/t17-,19-/m1/s1. The number of carbonyl (C=O) groups is 3. The number of hydrogen-bond acceptors (Lipinski definition) is 4. The molecule has 2 rings (SSSR count). The Morgan fingerprint density at radius 3 is 2.35 bits per heavy atom. The topological polar surface area (TPSA) is 113 Å². The monoisotopic (exact) mass is 437 g/mol. The van der Waals surface area contributed by atoms with Crippen molar-refractivity contribution in [2.75, 3.05) is 6.61 Å². The minimum atomic E-state index is -1.06. The molecule has 0 radical (unpaired) electrons. The zero-order valence-electron chi connectivity index (χ0n) is 17.9. The van der Waals surface area contributed by atoms with Gasteiger partial charge in [-0.3, -0.25) is 14.4 Å². The van der Waals surface area contributed by atoms with Crippen LogP contribution in [0.4, 0.5) is 4.39 Å². The number of carbonyl (C=O) groups excluding carboxylic acids is 1. The average Bonchev–Trinajstić information content (AvgIpc) is 3.18. The van der Waals surface area contributed by atoms with Gasteiger partial charge in [-0.1, -0.05) is 38.3 Å². The Morgan fingerprint density at radius 1 is 1.16 bits per heavy atom. The van der Waals surface area contributed by atoms with Crippen LogP contribution in [-0.4, -0.2) is 40.7 Å². The van der Waals surface area contributed by atoms with Crippen molar-refractivity contribution in [3.05, 3.63) is 35.6 Å². The van der Waals surface area contributed by atoms with Crippen LogP contribution < -0.4 is 5.32 Å². The second kappa shape index (κ2) is 11.8. The first-order valence-electron chi connectivity index (χ1n) is 10.8. The van der Waals surface area contributed by atoms with Crippen LogP contribution in [0.25, 0.3) is 0 Å². The van der Waals surface area contributed by atoms with Gasteiger partial charge in [-0.05, 0) is 43.4 Å². The fraction of sp³-hybridized carbons (Fsp3) is 0.609. The molecule has 1 aliphatic carbocycles. The number of aliphatic carboxylic acids is 2. The van der Waals surface area contributed by atoms with E-state index in [-0.39, 0.29) is 37.8 Å². The van der Waals surface area contributed by atoms with Crippen molar-refractivity contribution in [3.63, 3.8) is 0 Å². The molecular weight excluding hydrogens is 405 g/mol. The van der Waals surface area contributed by atoms with Gasteiger partial charge in [0.05, 0.1) is 37.0 Å². The van der Waals surface area contributed by atoms with Gasteiger partial charge < -0.3 is 20.3 Å². The van der Waals surface area contributed by atoms with Crippen LogP contribution in [0, 0.1) is 17.2 Å². The predicted molar refractivity (Wildman–Crippen MR) is 112 cm³/mol. The summed E-state index contributed by atoms with van der Waals surface area (Å²) in [7, 11) is 0. The molecule has 0 bridgehead atoms. The molecule has 0 aliphatic heterocycles. The lowest BCUT2D eigenvalue weighted by Gasteiger charge is -2.32. The number of carboxylic acid groups (broad SMARTS) is 2. The van der Waals surface area contributed by atoms with Crippen molar-refractivity contribution in [2.24, 2.45) is 11.3 Å². The third kappa shape index (κ3) is 7.61. The first-order chi connectivity index (χ1) is 14.8. The summed E-state index contributed by atoms with van der Waals surface area (Å²) in [4.78, 5) is 36.1. The molecule has 0 aromatic heterocycles. The fourth-order valence-corrected chi connectivity index (χ4v) is 4.31. The Balaban J connectivity index is 2.02. The van der Waals surface area contributed by atoms with Crippen molar-refractivity contribution < 1.29 is 33.7 Å². The van der Waals surface area contributed by atoms with Crippen LogP contribution in [0.3, 0.4) is 0 Å². The fourth-order valence-electron chi connectivity index (χ4n) is 4.31. The summed E-state index contributed by atoms with van der Waals surface area (Å²) in [5, 5.41) is 21.6. The van der Waals surface area contributed by atoms with Gasteiger partial charge in [0.25, 0.3) is 0 Å². The SMILES string of the molecule is CCC[C@H](CC1(C(=O)N[C@@H](COCc2ccc(F)cc2)CC(=O)O)CCCC1)C(=O)O. The van der Waals surface area contributed by atoms with Gasteiger partial charge in [0.2, 0.25) is 5.91 Å². The number of amides is 1. The Labute approximate surface area is 182 Å². The Hall–Kier alpha value is -2.48. The number of benzene rings is 1. The van der Waals surface area contributed by atoms with Crippen molar-refractivity contribution in [1.82, 2.24) is 5.32 Å². The number of hydrogen-bond donors (Lipinski definition) is 3. The molecule has 0 spiro atoms. The summed E-state index contributed by atoms with van der Waals surface area (Å²) in [5.74, 6) is -3.20. The molecular formula is C23H32FNO6. The molecule has 1 aromatic carbocycles. The van der Waals surface area contributed by atoms with Gasteiger partial charge >= 0.3 is 11.9 Å². The maximum absolute atomic E-state index is 13.2. The maximum atomic E-state index is 13.2. The van der Waals surface area contributed by atoms with E-state index in [2.05, 4.69) is 5.32 Å². The second-order valence-electron chi connectivity index (χ2n) is 8.43. The molecule has 0 unspecified atom stereocenters. The van der Waals surface area contributed by atoms with Crippen LogP contribution in [0.2, 0.25) is 0 Å². The van der Waals surface area contributed by atoms with Crippen LogP contribution in [0.15, 0.2) is 24.3 Å². The third-order valence-corrected chi connectivity index (χ3v) is 5.92. The first-order valence-corrected chi connectivity index (χ1v) is 10.8. The molecule has 7 nitrogen and oxygen atoms in total. The molecule has 1 fully saturated rings. The van der Waals surface area contributed by atoms with E-state index in [0.717, 1.165) is 18.4 Å². The highest BCUT2D eigenvalue weighted by Crippen LogP contribution is 2.44. The van der Waals surface area contributed by atoms with Gasteiger partial charge in [-0.15, -0.1) is 0 Å². The number of ether oxygens (including phenoxy) is 1. The van der Waals surface area contributed by atoms with Gasteiger partial charge in [0.1, 0.15) is 5.82 Å². The predicted octanol–water partition coefficient (Wildman–Crippen LogP) is 3.75. The smallest absolute Gasteiger partial charge is 0.306 e. The van der Waals surface area contributed by atoms with Gasteiger partial charge in [0, 0.05) is 0 Å². The van der Waals surface area contributed by atoms with Gasteiger partial charge in [0.15, 0.2) is 0 Å². The largest absolute Gasteiger partial charge is 0.481 e. The van der Waals surface area contributed by atoms with Crippen molar-refractivity contribution in [2.45, 2.75) is 70.9 Å². The van der Waals surface area contributed by atoms with Crippen molar-refractivity contribution in [3.8, 4) is 0 Å². The summed E-state index contributed by atoms with van der Waals surface area (Å²) in [6, 6.07) is 5.04. The number of halogens is 1. The number of rotatable bonds is 13. The average molecular weight is 438 g/mol. The van der Waals surface area contributed by atoms with E-state index >= 15 is 0 Å². The lowest BCUT2D eigenvalue weighted by Crippen LogP contribution is -2.48. The summed E-state index contributed by atoms with van der Waals surface area (Å²) in [6.07, 6.45) is 4.07. The third-order valence-electron chi connectivity index (χ3n) is 5.92. The van der Waals surface area contributed by atoms with E-state index in [1.165, 1.54) is 12.1 Å². The Kier molecular flexibility index (Phi) is 9.43. The van der Waals surface area contributed by atoms with Crippen molar-refractivity contribution in [1.29, 1.82) is 0 Å². The van der Waals surface area contributed by atoms with Gasteiger partial charge in [-0.25, -0.2) is 4.39 Å². The van der Waals surface area contributed by atoms with E-state index in [1.807, 2.05) is 6.92 Å². The van der Waals surface area contributed by atoms with Gasteiger partial charge in [-0.2, -0.15) is 0 Å². The minimum Gasteiger partial charge on any atom is -0.481 e. The van der Waals surface area contributed by atoms with Crippen LogP contribution in [-0.2, 0) is 25.7 Å². The van der Waals surface area contributed by atoms with E-state index in [0.29, 0.717) is 25.7 Å². The lowest BCUT2D eigenvalue weighted by atomic mass is 9.75. The number of carboxylic acids is 2. The molecule has 1 saturated carbocycles. The Morgan fingerprint density at radius 2 is 1.81 bits per heavy atom. The summed E-state index contributed by atoms with van der Waals surface area (Å²) < 4.78 is 18.6. The number of nitrogens with one attached hydrogen (secondary N) is 1. The summed E-state index contributed by atoms with van der Waals surface area (Å²) in [5.41, 5.74) is -0.0516. The zero-order chi connectivity index (χ0) is 22.9. The highest BCUT2D eigenvalue weighted by molar-refractivity contribution is 5.84. The molecule has 8 heteroatoms. The first kappa shape index (κ1) is 24.8. The molecule has 1 amide bonds. The van der Waals surface area contributed by atoms with E-state index in [1.54, 1.807) is 12.1 Å². The second-order valence-corrected chi connectivity index (χ2v) is 8.43. The molecule has 0 heterocycles. The van der Waals surface area contributed by atoms with Crippen LogP contribution >= 0.6 is 0 Å². The molecule has 0 saturated heterocycles.